The summed E-state index contributed by atoms with van der Waals surface area (Å²) in [5, 5.41) is 0. The summed E-state index contributed by atoms with van der Waals surface area (Å²) < 4.78 is 6.67. The zero-order valence-corrected chi connectivity index (χ0v) is 10.8. The number of hydrogen-bond donors (Lipinski definition) is 1. The Labute approximate surface area is 112 Å². The van der Waals surface area contributed by atoms with Gasteiger partial charge in [0.1, 0.15) is 5.71 Å². The van der Waals surface area contributed by atoms with Gasteiger partial charge in [-0.25, -0.2) is 4.40 Å². The summed E-state index contributed by atoms with van der Waals surface area (Å²) in [5.41, 5.74) is 2.74. The maximum absolute atomic E-state index is 11.1. The minimum Gasteiger partial charge on any atom is -0.326 e. The number of benzene rings is 1. The number of carbonyl (C=O) groups excluding carboxylic acids is 3. The van der Waals surface area contributed by atoms with E-state index < -0.39 is 10.4 Å². The first kappa shape index (κ1) is 13.2. The predicted octanol–water partition coefficient (Wildman–Crippen LogP) is 1.37. The molecule has 98 valence electrons. The Morgan fingerprint density at radius 3 is 2.37 bits per heavy atom. The number of hydrogen-bond acceptors (Lipinski definition) is 5. The van der Waals surface area contributed by atoms with Crippen molar-refractivity contribution < 1.29 is 14.4 Å². The zero-order chi connectivity index (χ0) is 13.7. The first-order valence-electron chi connectivity index (χ1n) is 5.52. The number of rotatable bonds is 5. The van der Waals surface area contributed by atoms with Gasteiger partial charge in [0.15, 0.2) is 6.29 Å². The molecule has 0 spiro atoms. The molecular formula is C13H12N2O3S. The molecule has 1 aromatic rings. The van der Waals surface area contributed by atoms with E-state index in [0.29, 0.717) is 29.5 Å². The molecule has 0 bridgehead atoms. The van der Waals surface area contributed by atoms with E-state index in [-0.39, 0.29) is 5.71 Å². The van der Waals surface area contributed by atoms with E-state index in [2.05, 4.69) is 9.12 Å². The highest BCUT2D eigenvalue weighted by Gasteiger charge is 2.26. The maximum Gasteiger partial charge on any atom is 0.201 e. The van der Waals surface area contributed by atoms with E-state index in [0.717, 1.165) is 5.56 Å². The number of carbonyl (C=O) groups is 3. The Morgan fingerprint density at radius 2 is 1.79 bits per heavy atom. The van der Waals surface area contributed by atoms with E-state index in [1.54, 1.807) is 0 Å². The van der Waals surface area contributed by atoms with Crippen molar-refractivity contribution >= 4 is 33.6 Å². The highest BCUT2D eigenvalue weighted by molar-refractivity contribution is 8.51. The van der Waals surface area contributed by atoms with Crippen molar-refractivity contribution in [1.29, 1.82) is 0 Å². The molecule has 0 atom stereocenters. The molecule has 0 saturated carbocycles. The third-order valence-corrected chi connectivity index (χ3v) is 4.22. The van der Waals surface area contributed by atoms with Crippen molar-refractivity contribution in [2.75, 3.05) is 0 Å². The zero-order valence-electron chi connectivity index (χ0n) is 9.98. The van der Waals surface area contributed by atoms with Crippen molar-refractivity contribution in [2.24, 2.45) is 4.40 Å². The molecule has 1 aliphatic heterocycles. The Balaban J connectivity index is 2.27. The van der Waals surface area contributed by atoms with E-state index in [9.17, 15) is 14.4 Å². The lowest BCUT2D eigenvalue weighted by Crippen LogP contribution is -2.25. The standard InChI is InChI=1S/C13H12N2O3S/c16-8-13-12(6-11-4-2-1-3-5-11)7-14-19(9-17,10-18)15-13/h1-5,7-10,14H,6H2. The molecular weight excluding hydrogens is 264 g/mol. The summed E-state index contributed by atoms with van der Waals surface area (Å²) in [6.07, 6.45) is 2.62. The van der Waals surface area contributed by atoms with Gasteiger partial charge in [-0.3, -0.25) is 14.4 Å². The van der Waals surface area contributed by atoms with E-state index >= 15 is 0 Å². The molecule has 1 aromatic carbocycles. The van der Waals surface area contributed by atoms with Crippen molar-refractivity contribution in [3.63, 3.8) is 0 Å². The fraction of sp³-hybridized carbons (Fsp3) is 0.0769. The Kier molecular flexibility index (Phi) is 3.91. The van der Waals surface area contributed by atoms with Crippen LogP contribution >= 0.6 is 10.4 Å². The summed E-state index contributed by atoms with van der Waals surface area (Å²) >= 11 is 0. The van der Waals surface area contributed by atoms with Crippen LogP contribution in [0.25, 0.3) is 0 Å². The van der Waals surface area contributed by atoms with Crippen molar-refractivity contribution in [1.82, 2.24) is 4.72 Å². The molecule has 0 aliphatic carbocycles. The summed E-state index contributed by atoms with van der Waals surface area (Å²) in [4.78, 5) is 32.9. The molecule has 0 saturated heterocycles. The van der Waals surface area contributed by atoms with Crippen LogP contribution in [-0.4, -0.2) is 23.2 Å². The highest BCUT2D eigenvalue weighted by atomic mass is 32.3. The minimum absolute atomic E-state index is 0.150. The van der Waals surface area contributed by atoms with Gasteiger partial charge in [0.25, 0.3) is 0 Å². The van der Waals surface area contributed by atoms with Crippen LogP contribution in [0.5, 0.6) is 0 Å². The fourth-order valence-corrected chi connectivity index (χ4v) is 2.78. The van der Waals surface area contributed by atoms with Crippen LogP contribution < -0.4 is 4.72 Å². The molecule has 1 aliphatic rings. The third-order valence-electron chi connectivity index (χ3n) is 2.64. The van der Waals surface area contributed by atoms with E-state index in [1.807, 2.05) is 30.3 Å². The van der Waals surface area contributed by atoms with Gasteiger partial charge in [-0.2, -0.15) is 0 Å². The van der Waals surface area contributed by atoms with E-state index in [4.69, 9.17) is 0 Å². The Hall–Kier alpha value is -2.21. The molecule has 6 heteroatoms. The average Bonchev–Trinajstić information content (AvgIpc) is 2.49. The van der Waals surface area contributed by atoms with Gasteiger partial charge in [0.2, 0.25) is 11.2 Å². The summed E-state index contributed by atoms with van der Waals surface area (Å²) in [6, 6.07) is 9.56. The molecule has 19 heavy (non-hydrogen) atoms. The van der Waals surface area contributed by atoms with Crippen molar-refractivity contribution in [3.8, 4) is 0 Å². The summed E-state index contributed by atoms with van der Waals surface area (Å²) in [6.45, 7) is 0. The lowest BCUT2D eigenvalue weighted by atomic mass is 10.0. The molecule has 0 radical (unpaired) electrons. The Morgan fingerprint density at radius 1 is 1.11 bits per heavy atom. The fourth-order valence-electron chi connectivity index (χ4n) is 1.66. The van der Waals surface area contributed by atoms with Crippen LogP contribution in [-0.2, 0) is 20.8 Å². The monoisotopic (exact) mass is 276 g/mol. The predicted molar refractivity (Wildman–Crippen MR) is 76.0 cm³/mol. The molecule has 1 N–H and O–H groups in total. The highest BCUT2D eigenvalue weighted by Crippen LogP contribution is 2.41. The first-order valence-corrected chi connectivity index (χ1v) is 7.24. The van der Waals surface area contributed by atoms with Gasteiger partial charge in [-0.15, -0.1) is 0 Å². The minimum atomic E-state index is -2.59. The number of aldehydes is 1. The number of allylic oxidation sites excluding steroid dienone is 1. The van der Waals surface area contributed by atoms with Crippen LogP contribution in [0.15, 0.2) is 46.5 Å². The smallest absolute Gasteiger partial charge is 0.201 e. The van der Waals surface area contributed by atoms with Gasteiger partial charge < -0.3 is 4.72 Å². The average molecular weight is 276 g/mol. The van der Waals surface area contributed by atoms with Gasteiger partial charge in [-0.1, -0.05) is 30.3 Å². The maximum atomic E-state index is 11.1. The molecule has 0 unspecified atom stereocenters. The van der Waals surface area contributed by atoms with Gasteiger partial charge >= 0.3 is 0 Å². The first-order chi connectivity index (χ1) is 9.23. The molecule has 0 fully saturated rings. The number of nitrogens with one attached hydrogen (secondary N) is 1. The van der Waals surface area contributed by atoms with Gasteiger partial charge in [0.05, 0.1) is 0 Å². The molecule has 0 aromatic heterocycles. The number of nitrogens with zero attached hydrogens (tertiary/aromatic N) is 1. The second-order valence-electron chi connectivity index (χ2n) is 3.91. The quantitative estimate of drug-likeness (QED) is 0.824. The molecule has 0 amide bonds. The second-order valence-corrected chi connectivity index (χ2v) is 6.06. The molecule has 2 rings (SSSR count). The second kappa shape index (κ2) is 5.62. The summed E-state index contributed by atoms with van der Waals surface area (Å²) in [5.74, 6) is 0. The molecule has 5 nitrogen and oxygen atoms in total. The van der Waals surface area contributed by atoms with Crippen molar-refractivity contribution in [3.05, 3.63) is 47.7 Å². The van der Waals surface area contributed by atoms with Crippen LogP contribution in [0.2, 0.25) is 0 Å². The normalized spacial score (nSPS) is 18.3. The van der Waals surface area contributed by atoms with Crippen molar-refractivity contribution in [2.45, 2.75) is 6.42 Å². The van der Waals surface area contributed by atoms with Crippen LogP contribution in [0.1, 0.15) is 5.56 Å². The SMILES string of the molecule is O=CC1=NS(C=O)(C=O)NC=C1Cc1ccccc1. The van der Waals surface area contributed by atoms with Gasteiger partial charge in [0, 0.05) is 28.6 Å². The lowest BCUT2D eigenvalue weighted by molar-refractivity contribution is -0.102. The van der Waals surface area contributed by atoms with Crippen LogP contribution in [0.4, 0.5) is 0 Å². The lowest BCUT2D eigenvalue weighted by Gasteiger charge is -2.27. The Bertz CT molecular complexity index is 559. The summed E-state index contributed by atoms with van der Waals surface area (Å²) in [7, 11) is -2.59. The molecule has 1 heterocycles. The van der Waals surface area contributed by atoms with Crippen LogP contribution in [0.3, 0.4) is 0 Å². The third kappa shape index (κ3) is 2.79. The van der Waals surface area contributed by atoms with Crippen LogP contribution in [0, 0.1) is 0 Å². The van der Waals surface area contributed by atoms with E-state index in [1.165, 1.54) is 6.20 Å². The topological polar surface area (TPSA) is 75.6 Å². The van der Waals surface area contributed by atoms with Gasteiger partial charge in [-0.05, 0) is 5.56 Å². The largest absolute Gasteiger partial charge is 0.326 e.